The molecule has 0 bridgehead atoms. The fraction of sp³-hybridized carbons (Fsp3) is 0.417. The van der Waals surface area contributed by atoms with Crippen molar-refractivity contribution in [2.75, 3.05) is 13.2 Å². The molecule has 0 saturated carbocycles. The highest BCUT2D eigenvalue weighted by Crippen LogP contribution is 2.40. The van der Waals surface area contributed by atoms with Crippen molar-refractivity contribution in [1.82, 2.24) is 4.90 Å². The molecule has 0 spiro atoms. The first-order chi connectivity index (χ1) is 14.3. The fourth-order valence-corrected chi connectivity index (χ4v) is 4.81. The minimum atomic E-state index is -0.620. The molecule has 1 N–H and O–H groups in total. The second-order valence-corrected chi connectivity index (χ2v) is 9.88. The van der Waals surface area contributed by atoms with Crippen molar-refractivity contribution in [2.45, 2.75) is 51.2 Å². The molecule has 5 nitrogen and oxygen atoms in total. The first-order valence-electron chi connectivity index (χ1n) is 10.3. The number of Topliss-reactive ketones (excluding diaryl/α,β-unsaturated/α-hetero) is 1. The molecule has 1 saturated heterocycles. The van der Waals surface area contributed by atoms with Crippen LogP contribution in [0.25, 0.3) is 0 Å². The van der Waals surface area contributed by atoms with Crippen molar-refractivity contribution in [3.8, 4) is 0 Å². The van der Waals surface area contributed by atoms with Crippen LogP contribution in [0.1, 0.15) is 60.5 Å². The number of rotatable bonds is 5. The number of ketones is 1. The Hall–Kier alpha value is -2.44. The van der Waals surface area contributed by atoms with Crippen LogP contribution in [0.15, 0.2) is 53.1 Å². The molecule has 2 atom stereocenters. The fourth-order valence-electron chi connectivity index (χ4n) is 4.13. The van der Waals surface area contributed by atoms with Crippen molar-refractivity contribution in [1.29, 1.82) is 0 Å². The summed E-state index contributed by atoms with van der Waals surface area (Å²) in [5.41, 5.74) is 2.14. The summed E-state index contributed by atoms with van der Waals surface area (Å²) in [6, 6.07) is 10.9. The Morgan fingerprint density at radius 3 is 2.53 bits per heavy atom. The Kier molecular flexibility index (Phi) is 5.55. The number of carbonyl (C=O) groups is 2. The molecule has 0 radical (unpaired) electrons. The van der Waals surface area contributed by atoms with Crippen LogP contribution in [0, 0.1) is 0 Å². The number of thiophene rings is 1. The third kappa shape index (κ3) is 3.82. The largest absolute Gasteiger partial charge is 0.503 e. The summed E-state index contributed by atoms with van der Waals surface area (Å²) < 4.78 is 5.74. The van der Waals surface area contributed by atoms with Gasteiger partial charge in [-0.15, -0.1) is 11.3 Å². The minimum absolute atomic E-state index is 0.00496. The molecule has 2 aliphatic rings. The number of hydrogen-bond donors (Lipinski definition) is 1. The molecule has 1 amide bonds. The maximum Gasteiger partial charge on any atom is 0.290 e. The zero-order valence-electron chi connectivity index (χ0n) is 17.6. The molecular weight excluding hydrogens is 398 g/mol. The third-order valence-corrected chi connectivity index (χ3v) is 6.68. The van der Waals surface area contributed by atoms with Crippen LogP contribution in [-0.4, -0.2) is 41.0 Å². The molecule has 30 heavy (non-hydrogen) atoms. The number of carbonyl (C=O) groups excluding carboxylic acids is 2. The van der Waals surface area contributed by atoms with Crippen LogP contribution >= 0.6 is 11.3 Å². The lowest BCUT2D eigenvalue weighted by Crippen LogP contribution is -2.37. The SMILES string of the molecule is CC(C)(C)c1ccc([C@@H]2C(C(=O)c3cccs3)=C(O)C(=O)N2C[C@H]2CCCO2)cc1. The van der Waals surface area contributed by atoms with Gasteiger partial charge in [-0.05, 0) is 40.8 Å². The van der Waals surface area contributed by atoms with Crippen LogP contribution in [0.5, 0.6) is 0 Å². The topological polar surface area (TPSA) is 66.8 Å². The summed E-state index contributed by atoms with van der Waals surface area (Å²) in [4.78, 5) is 28.3. The van der Waals surface area contributed by atoms with Crippen LogP contribution in [0.3, 0.4) is 0 Å². The van der Waals surface area contributed by atoms with Crippen LogP contribution in [-0.2, 0) is 14.9 Å². The van der Waals surface area contributed by atoms with Gasteiger partial charge in [0.05, 0.1) is 22.6 Å². The van der Waals surface area contributed by atoms with E-state index in [0.717, 1.165) is 18.4 Å². The van der Waals surface area contributed by atoms with E-state index in [9.17, 15) is 14.7 Å². The second kappa shape index (κ2) is 8.00. The molecule has 0 aliphatic carbocycles. The number of aliphatic hydroxyl groups is 1. The first kappa shape index (κ1) is 20.8. The van der Waals surface area contributed by atoms with E-state index in [1.807, 2.05) is 29.6 Å². The minimum Gasteiger partial charge on any atom is -0.503 e. The summed E-state index contributed by atoms with van der Waals surface area (Å²) in [5, 5.41) is 12.5. The summed E-state index contributed by atoms with van der Waals surface area (Å²) in [5.74, 6) is -1.25. The van der Waals surface area contributed by atoms with Gasteiger partial charge in [-0.3, -0.25) is 9.59 Å². The Morgan fingerprint density at radius 1 is 1.23 bits per heavy atom. The molecular formula is C24H27NO4S. The number of ether oxygens (including phenoxy) is 1. The first-order valence-corrected chi connectivity index (χ1v) is 11.2. The number of hydrogen-bond acceptors (Lipinski definition) is 5. The highest BCUT2D eigenvalue weighted by Gasteiger charge is 2.45. The van der Waals surface area contributed by atoms with E-state index < -0.39 is 17.7 Å². The maximum absolute atomic E-state index is 13.2. The standard InChI is InChI=1S/C24H27NO4S/c1-24(2,3)16-10-8-15(9-11-16)20-19(21(26)18-7-5-13-30-18)22(27)23(28)25(20)14-17-6-4-12-29-17/h5,7-11,13,17,20,27H,4,6,12,14H2,1-3H3/t17-,20-/m1/s1. The van der Waals surface area contributed by atoms with Crippen LogP contribution in [0.4, 0.5) is 0 Å². The van der Waals surface area contributed by atoms with Gasteiger partial charge in [0, 0.05) is 13.2 Å². The van der Waals surface area contributed by atoms with Gasteiger partial charge in [0.1, 0.15) is 0 Å². The summed E-state index contributed by atoms with van der Waals surface area (Å²) in [7, 11) is 0. The van der Waals surface area contributed by atoms with Crippen LogP contribution in [0.2, 0.25) is 0 Å². The maximum atomic E-state index is 13.2. The average molecular weight is 426 g/mol. The molecule has 0 unspecified atom stereocenters. The molecule has 158 valence electrons. The van der Waals surface area contributed by atoms with E-state index in [-0.39, 0.29) is 22.9 Å². The van der Waals surface area contributed by atoms with Gasteiger partial charge >= 0.3 is 0 Å². The van der Waals surface area contributed by atoms with E-state index in [2.05, 4.69) is 20.8 Å². The van der Waals surface area contributed by atoms with Gasteiger partial charge in [-0.25, -0.2) is 0 Å². The normalized spacial score (nSPS) is 22.2. The van der Waals surface area contributed by atoms with Gasteiger partial charge < -0.3 is 14.7 Å². The predicted molar refractivity (Wildman–Crippen MR) is 117 cm³/mol. The third-order valence-electron chi connectivity index (χ3n) is 5.81. The summed E-state index contributed by atoms with van der Waals surface area (Å²) >= 11 is 1.31. The zero-order chi connectivity index (χ0) is 21.5. The van der Waals surface area contributed by atoms with E-state index in [4.69, 9.17) is 4.74 Å². The molecule has 4 rings (SSSR count). The van der Waals surface area contributed by atoms with Crippen molar-refractivity contribution < 1.29 is 19.4 Å². The van der Waals surface area contributed by atoms with E-state index in [1.165, 1.54) is 16.9 Å². The summed E-state index contributed by atoms with van der Waals surface area (Å²) in [6.45, 7) is 7.46. The molecule has 1 fully saturated rings. The zero-order valence-corrected chi connectivity index (χ0v) is 18.4. The Morgan fingerprint density at radius 2 is 1.97 bits per heavy atom. The second-order valence-electron chi connectivity index (χ2n) is 8.94. The van der Waals surface area contributed by atoms with Crippen molar-refractivity contribution >= 4 is 23.0 Å². The quantitative estimate of drug-likeness (QED) is 0.699. The highest BCUT2D eigenvalue weighted by atomic mass is 32.1. The van der Waals surface area contributed by atoms with Gasteiger partial charge in [0.15, 0.2) is 5.76 Å². The van der Waals surface area contributed by atoms with Gasteiger partial charge in [-0.2, -0.15) is 0 Å². The molecule has 6 heteroatoms. The van der Waals surface area contributed by atoms with Crippen molar-refractivity contribution in [2.24, 2.45) is 0 Å². The monoisotopic (exact) mass is 425 g/mol. The van der Waals surface area contributed by atoms with Crippen molar-refractivity contribution in [3.05, 3.63) is 69.1 Å². The van der Waals surface area contributed by atoms with Gasteiger partial charge in [0.2, 0.25) is 5.78 Å². The Balaban J connectivity index is 1.75. The lowest BCUT2D eigenvalue weighted by molar-refractivity contribution is -0.131. The van der Waals surface area contributed by atoms with E-state index in [1.54, 1.807) is 17.0 Å². The Labute approximate surface area is 181 Å². The van der Waals surface area contributed by atoms with E-state index in [0.29, 0.717) is 18.0 Å². The summed E-state index contributed by atoms with van der Waals surface area (Å²) in [6.07, 6.45) is 1.75. The molecule has 1 aromatic heterocycles. The highest BCUT2D eigenvalue weighted by molar-refractivity contribution is 7.12. The molecule has 3 heterocycles. The lowest BCUT2D eigenvalue weighted by Gasteiger charge is -2.29. The van der Waals surface area contributed by atoms with Crippen molar-refractivity contribution in [3.63, 3.8) is 0 Å². The van der Waals surface area contributed by atoms with Gasteiger partial charge in [0.25, 0.3) is 5.91 Å². The smallest absolute Gasteiger partial charge is 0.290 e. The molecule has 2 aromatic rings. The van der Waals surface area contributed by atoms with Crippen LogP contribution < -0.4 is 0 Å². The number of nitrogens with zero attached hydrogens (tertiary/aromatic N) is 1. The lowest BCUT2D eigenvalue weighted by atomic mass is 9.85. The molecule has 2 aliphatic heterocycles. The Bertz CT molecular complexity index is 964. The average Bonchev–Trinajstić information content (AvgIpc) is 3.46. The number of amides is 1. The molecule has 1 aromatic carbocycles. The van der Waals surface area contributed by atoms with Gasteiger partial charge in [-0.1, -0.05) is 51.1 Å². The van der Waals surface area contributed by atoms with E-state index >= 15 is 0 Å². The number of benzene rings is 1. The predicted octanol–water partition coefficient (Wildman–Crippen LogP) is 4.80. The number of aliphatic hydroxyl groups excluding tert-OH is 1.